The van der Waals surface area contributed by atoms with E-state index in [4.69, 9.17) is 11.6 Å². The first kappa shape index (κ1) is 9.55. The van der Waals surface area contributed by atoms with Crippen LogP contribution in [0.4, 0.5) is 0 Å². The van der Waals surface area contributed by atoms with Crippen LogP contribution in [0.3, 0.4) is 0 Å². The Morgan fingerprint density at radius 2 is 2.08 bits per heavy atom. The number of carbonyl (C=O) groups excluding carboxylic acids is 1. The molecule has 0 aliphatic heterocycles. The number of rotatable bonds is 2. The number of hydrogen-bond acceptors (Lipinski definition) is 2. The monoisotopic (exact) mass is 247 g/mol. The fourth-order valence-corrected chi connectivity index (χ4v) is 1.58. The summed E-state index contributed by atoms with van der Waals surface area (Å²) in [4.78, 5) is 9.59. The van der Waals surface area contributed by atoms with Crippen molar-refractivity contribution in [3.63, 3.8) is 0 Å². The topological polar surface area (TPSA) is 40.1 Å². The number of carboxylic acids is 1. The average molecular weight is 248 g/mol. The van der Waals surface area contributed by atoms with Gasteiger partial charge in [0.15, 0.2) is 0 Å². The molecule has 0 bridgehead atoms. The summed E-state index contributed by atoms with van der Waals surface area (Å²) in [5, 5.41) is 10.9. The lowest BCUT2D eigenvalue weighted by molar-refractivity contribution is -0.304. The molecule has 0 unspecified atom stereocenters. The van der Waals surface area contributed by atoms with Gasteiger partial charge in [0.25, 0.3) is 0 Å². The quantitative estimate of drug-likeness (QED) is 0.745. The van der Waals surface area contributed by atoms with Crippen LogP contribution in [0, 0.1) is 0 Å². The number of carboxylic acid groups (broad SMARTS) is 1. The number of aliphatic carboxylic acids is 1. The molecule has 0 saturated carbocycles. The first-order valence-electron chi connectivity index (χ1n) is 3.22. The molecule has 0 N–H and O–H groups in total. The highest BCUT2D eigenvalue weighted by atomic mass is 79.9. The van der Waals surface area contributed by atoms with Crippen molar-refractivity contribution in [2.75, 3.05) is 0 Å². The highest BCUT2D eigenvalue weighted by Gasteiger charge is 2.10. The lowest BCUT2D eigenvalue weighted by Crippen LogP contribution is -2.26. The molecule has 0 amide bonds. The molecule has 0 radical (unpaired) electrons. The van der Waals surface area contributed by atoms with E-state index < -0.39 is 10.8 Å². The van der Waals surface area contributed by atoms with E-state index in [2.05, 4.69) is 15.9 Å². The molecule has 1 aromatic carbocycles. The van der Waals surface area contributed by atoms with Gasteiger partial charge in [-0.1, -0.05) is 45.7 Å². The van der Waals surface area contributed by atoms with Crippen molar-refractivity contribution in [3.8, 4) is 0 Å². The van der Waals surface area contributed by atoms with E-state index in [1.165, 1.54) is 0 Å². The number of hydrogen-bond donors (Lipinski definition) is 0. The molecule has 12 heavy (non-hydrogen) atoms. The van der Waals surface area contributed by atoms with Gasteiger partial charge in [-0.15, -0.1) is 0 Å². The van der Waals surface area contributed by atoms with Crippen molar-refractivity contribution in [1.29, 1.82) is 0 Å². The summed E-state index contributed by atoms with van der Waals surface area (Å²) in [6.45, 7) is 0. The van der Waals surface area contributed by atoms with Gasteiger partial charge in [-0.3, -0.25) is 0 Å². The van der Waals surface area contributed by atoms with Gasteiger partial charge < -0.3 is 9.90 Å². The fraction of sp³-hybridized carbons (Fsp3) is 0.125. The maximum absolute atomic E-state index is 10.4. The Morgan fingerprint density at radius 3 is 2.58 bits per heavy atom. The van der Waals surface area contributed by atoms with Crippen LogP contribution >= 0.6 is 27.5 Å². The maximum atomic E-state index is 10.4. The first-order valence-corrected chi connectivity index (χ1v) is 4.51. The van der Waals surface area contributed by atoms with Gasteiger partial charge in [-0.2, -0.15) is 0 Å². The van der Waals surface area contributed by atoms with Crippen molar-refractivity contribution >= 4 is 33.5 Å². The van der Waals surface area contributed by atoms with E-state index >= 15 is 0 Å². The molecule has 0 saturated heterocycles. The highest BCUT2D eigenvalue weighted by molar-refractivity contribution is 9.09. The molecule has 1 aromatic rings. The van der Waals surface area contributed by atoms with Crippen LogP contribution in [0.1, 0.15) is 10.4 Å². The lowest BCUT2D eigenvalue weighted by Gasteiger charge is -2.11. The highest BCUT2D eigenvalue weighted by Crippen LogP contribution is 2.28. The molecule has 0 aliphatic rings. The van der Waals surface area contributed by atoms with Gasteiger partial charge in [-0.05, 0) is 11.6 Å². The summed E-state index contributed by atoms with van der Waals surface area (Å²) in [7, 11) is 0. The Labute approximate surface area is 83.3 Å². The molecular formula is C8H5BrClO2-. The lowest BCUT2D eigenvalue weighted by atomic mass is 10.1. The third-order valence-electron chi connectivity index (χ3n) is 1.39. The minimum absolute atomic E-state index is 0.420. The van der Waals surface area contributed by atoms with Crippen LogP contribution in [0.5, 0.6) is 0 Å². The van der Waals surface area contributed by atoms with E-state index in [0.717, 1.165) is 0 Å². The second-order valence-corrected chi connectivity index (χ2v) is 3.53. The maximum Gasteiger partial charge on any atom is 0.0804 e. The van der Waals surface area contributed by atoms with Gasteiger partial charge in [0.05, 0.1) is 10.8 Å². The zero-order valence-corrected chi connectivity index (χ0v) is 8.30. The van der Waals surface area contributed by atoms with E-state index in [1.807, 2.05) is 0 Å². The largest absolute Gasteiger partial charge is 0.549 e. The molecule has 0 aliphatic carbocycles. The molecule has 2 nitrogen and oxygen atoms in total. The molecule has 4 heteroatoms. The van der Waals surface area contributed by atoms with Gasteiger partial charge in [0.1, 0.15) is 0 Å². The predicted molar refractivity (Wildman–Crippen MR) is 48.1 cm³/mol. The number of carbonyl (C=O) groups is 1. The van der Waals surface area contributed by atoms with Crippen LogP contribution in [0.2, 0.25) is 5.02 Å². The Kier molecular flexibility index (Phi) is 3.12. The van der Waals surface area contributed by atoms with Crippen LogP contribution in [0.25, 0.3) is 0 Å². The summed E-state index contributed by atoms with van der Waals surface area (Å²) in [5.41, 5.74) is 0.513. The van der Waals surface area contributed by atoms with Crippen LogP contribution < -0.4 is 5.11 Å². The van der Waals surface area contributed by atoms with Gasteiger partial charge in [0, 0.05) is 5.02 Å². The molecule has 1 atom stereocenters. The molecule has 0 aromatic heterocycles. The van der Waals surface area contributed by atoms with E-state index in [1.54, 1.807) is 24.3 Å². The molecular weight excluding hydrogens is 243 g/mol. The molecule has 0 fully saturated rings. The van der Waals surface area contributed by atoms with Gasteiger partial charge >= 0.3 is 0 Å². The average Bonchev–Trinajstić information content (AvgIpc) is 2.04. The molecule has 0 heterocycles. The van der Waals surface area contributed by atoms with Gasteiger partial charge in [0.2, 0.25) is 0 Å². The van der Waals surface area contributed by atoms with Crippen molar-refractivity contribution in [1.82, 2.24) is 0 Å². The standard InChI is InChI=1S/C8H6BrClO2/c9-7(8(11)12)5-3-1-2-4-6(5)10/h1-4,7H,(H,11,12)/p-1/t7-/m1/s1. The van der Waals surface area contributed by atoms with Crippen LogP contribution in [0.15, 0.2) is 24.3 Å². The van der Waals surface area contributed by atoms with Crippen molar-refractivity contribution < 1.29 is 9.90 Å². The Balaban J connectivity index is 3.02. The van der Waals surface area contributed by atoms with Crippen molar-refractivity contribution in [2.45, 2.75) is 4.83 Å². The summed E-state index contributed by atoms with van der Waals surface area (Å²) < 4.78 is 0. The minimum atomic E-state index is -1.19. The predicted octanol–water partition coefficient (Wildman–Crippen LogP) is 1.53. The zero-order chi connectivity index (χ0) is 9.14. The third kappa shape index (κ3) is 1.99. The minimum Gasteiger partial charge on any atom is -0.549 e. The fourth-order valence-electron chi connectivity index (χ4n) is 0.808. The smallest absolute Gasteiger partial charge is 0.0804 e. The Morgan fingerprint density at radius 1 is 1.50 bits per heavy atom. The van der Waals surface area contributed by atoms with Crippen molar-refractivity contribution in [2.24, 2.45) is 0 Å². The number of benzene rings is 1. The van der Waals surface area contributed by atoms with Gasteiger partial charge in [-0.25, -0.2) is 0 Å². The SMILES string of the molecule is O=C([O-])[C@H](Br)c1ccccc1Cl. The Bertz CT molecular complexity index is 301. The summed E-state index contributed by atoms with van der Waals surface area (Å²) in [5.74, 6) is -1.19. The van der Waals surface area contributed by atoms with Crippen LogP contribution in [-0.4, -0.2) is 5.97 Å². The number of halogens is 2. The second kappa shape index (κ2) is 3.92. The zero-order valence-electron chi connectivity index (χ0n) is 5.96. The second-order valence-electron chi connectivity index (χ2n) is 2.20. The first-order chi connectivity index (χ1) is 5.63. The van der Waals surface area contributed by atoms with E-state index in [0.29, 0.717) is 10.6 Å². The van der Waals surface area contributed by atoms with E-state index in [-0.39, 0.29) is 0 Å². The Hall–Kier alpha value is -0.540. The summed E-state index contributed by atoms with van der Waals surface area (Å²) in [6, 6.07) is 6.73. The molecule has 64 valence electrons. The van der Waals surface area contributed by atoms with Crippen LogP contribution in [-0.2, 0) is 4.79 Å². The van der Waals surface area contributed by atoms with E-state index in [9.17, 15) is 9.90 Å². The molecule has 0 spiro atoms. The summed E-state index contributed by atoms with van der Waals surface area (Å²) in [6.07, 6.45) is 0. The molecule has 1 rings (SSSR count). The third-order valence-corrected chi connectivity index (χ3v) is 2.60. The normalized spacial score (nSPS) is 12.5. The van der Waals surface area contributed by atoms with Crippen molar-refractivity contribution in [3.05, 3.63) is 34.9 Å². The number of alkyl halides is 1. The summed E-state index contributed by atoms with van der Waals surface area (Å²) >= 11 is 8.70.